The number of alkyl halides is 3. The number of nitrogen functional groups attached to an aromatic ring is 1. The van der Waals surface area contributed by atoms with E-state index >= 15 is 0 Å². The van der Waals surface area contributed by atoms with Gasteiger partial charge in [-0.25, -0.2) is 23.5 Å². The van der Waals surface area contributed by atoms with Gasteiger partial charge in [0.25, 0.3) is 0 Å². The van der Waals surface area contributed by atoms with Crippen molar-refractivity contribution in [3.8, 4) is 0 Å². The first-order valence-electron chi connectivity index (χ1n) is 9.93. The summed E-state index contributed by atoms with van der Waals surface area (Å²) in [6.07, 6.45) is -2.80. The van der Waals surface area contributed by atoms with Crippen molar-refractivity contribution in [1.82, 2.24) is 14.9 Å². The number of hydrogen-bond acceptors (Lipinski definition) is 6. The zero-order chi connectivity index (χ0) is 24.8. The molecule has 1 atom stereocenters. The van der Waals surface area contributed by atoms with Gasteiger partial charge >= 0.3 is 12.3 Å². The third-order valence-corrected chi connectivity index (χ3v) is 4.26. The summed E-state index contributed by atoms with van der Waals surface area (Å²) in [6.45, 7) is 6.09. The summed E-state index contributed by atoms with van der Waals surface area (Å²) in [6, 6.07) is 2.71. The van der Waals surface area contributed by atoms with Crippen molar-refractivity contribution < 1.29 is 36.2 Å². The lowest BCUT2D eigenvalue weighted by Gasteiger charge is -2.24. The number of benzene rings is 1. The van der Waals surface area contributed by atoms with Crippen LogP contribution in [0.4, 0.5) is 32.7 Å². The normalized spacial score (nSPS) is 16.2. The number of halogens is 5. The Bertz CT molecular complexity index is 912. The Labute approximate surface area is 187 Å². The van der Waals surface area contributed by atoms with Crippen LogP contribution in [0.5, 0.6) is 0 Å². The number of likely N-dealkylation sites (tertiary alicyclic amines) is 1. The molecule has 0 bridgehead atoms. The second-order valence-electron chi connectivity index (χ2n) is 8.22. The van der Waals surface area contributed by atoms with Crippen LogP contribution in [0.1, 0.15) is 38.3 Å². The fourth-order valence-corrected chi connectivity index (χ4v) is 2.77. The number of anilines is 1. The predicted molar refractivity (Wildman–Crippen MR) is 109 cm³/mol. The maximum absolute atomic E-state index is 13.5. The minimum Gasteiger partial charge on any atom is -0.444 e. The van der Waals surface area contributed by atoms with Crippen molar-refractivity contribution in [3.63, 3.8) is 0 Å². The highest BCUT2D eigenvalue weighted by Gasteiger charge is 2.34. The van der Waals surface area contributed by atoms with Crippen molar-refractivity contribution in [2.45, 2.75) is 51.7 Å². The highest BCUT2D eigenvalue weighted by atomic mass is 19.4. The van der Waals surface area contributed by atoms with Gasteiger partial charge in [-0.1, -0.05) is 6.07 Å². The molecule has 1 unspecified atom stereocenters. The Morgan fingerprint density at radius 2 is 1.82 bits per heavy atom. The third-order valence-electron chi connectivity index (χ3n) is 4.26. The van der Waals surface area contributed by atoms with E-state index in [9.17, 15) is 26.7 Å². The molecule has 33 heavy (non-hydrogen) atoms. The summed E-state index contributed by atoms with van der Waals surface area (Å²) in [4.78, 5) is 20.2. The summed E-state index contributed by atoms with van der Waals surface area (Å²) >= 11 is 0. The molecule has 0 saturated carbocycles. The zero-order valence-electron chi connectivity index (χ0n) is 18.3. The first-order valence-corrected chi connectivity index (χ1v) is 9.93. The summed E-state index contributed by atoms with van der Waals surface area (Å²) in [5.41, 5.74) is 3.46. The summed E-state index contributed by atoms with van der Waals surface area (Å²) < 4.78 is 73.9. The number of carbonyl (C=O) groups excluding carboxylic acids is 1. The van der Waals surface area contributed by atoms with E-state index in [1.165, 1.54) is 11.0 Å². The molecule has 182 valence electrons. The Hall–Kier alpha value is -3.02. The molecule has 3 rings (SSSR count). The van der Waals surface area contributed by atoms with Crippen LogP contribution in [0.15, 0.2) is 30.6 Å². The van der Waals surface area contributed by atoms with Gasteiger partial charge in [-0.15, -0.1) is 0 Å². The SMILES string of the molecule is CC(C)(C)OC(=O)N1CCC(OCc2ccc(C(F)(F)F)c(F)c2)C1.Nc1ncc(F)cn1. The smallest absolute Gasteiger partial charge is 0.419 e. The molecule has 0 aliphatic carbocycles. The Balaban J connectivity index is 0.000000405. The number of rotatable bonds is 3. The fraction of sp³-hybridized carbons (Fsp3) is 0.476. The van der Waals surface area contributed by atoms with Crippen molar-refractivity contribution in [1.29, 1.82) is 0 Å². The minimum absolute atomic E-state index is 0.0259. The monoisotopic (exact) mass is 476 g/mol. The molecule has 1 fully saturated rings. The summed E-state index contributed by atoms with van der Waals surface area (Å²) in [7, 11) is 0. The van der Waals surface area contributed by atoms with Crippen LogP contribution < -0.4 is 5.73 Å². The Morgan fingerprint density at radius 3 is 2.33 bits per heavy atom. The third kappa shape index (κ3) is 8.79. The van der Waals surface area contributed by atoms with Crippen LogP contribution in [0.3, 0.4) is 0 Å². The van der Waals surface area contributed by atoms with Gasteiger partial charge in [0, 0.05) is 6.54 Å². The second kappa shape index (κ2) is 10.7. The van der Waals surface area contributed by atoms with Gasteiger partial charge in [-0.05, 0) is 44.9 Å². The summed E-state index contributed by atoms with van der Waals surface area (Å²) in [5.74, 6) is -1.71. The van der Waals surface area contributed by atoms with E-state index in [0.717, 1.165) is 18.5 Å². The first kappa shape index (κ1) is 26.2. The maximum Gasteiger partial charge on any atom is 0.419 e. The number of nitrogens with zero attached hydrogens (tertiary/aromatic N) is 3. The van der Waals surface area contributed by atoms with E-state index in [1.807, 2.05) is 0 Å². The Morgan fingerprint density at radius 1 is 1.18 bits per heavy atom. The highest BCUT2D eigenvalue weighted by molar-refractivity contribution is 5.68. The quantitative estimate of drug-likeness (QED) is 0.653. The number of nitrogens with two attached hydrogens (primary N) is 1. The fourth-order valence-electron chi connectivity index (χ4n) is 2.77. The van der Waals surface area contributed by atoms with Gasteiger partial charge in [0.2, 0.25) is 5.95 Å². The zero-order valence-corrected chi connectivity index (χ0v) is 18.3. The summed E-state index contributed by atoms with van der Waals surface area (Å²) in [5, 5.41) is 0. The molecule has 1 saturated heterocycles. The number of carbonyl (C=O) groups is 1. The Kier molecular flexibility index (Phi) is 8.53. The van der Waals surface area contributed by atoms with Crippen molar-refractivity contribution in [3.05, 3.63) is 53.4 Å². The molecule has 1 amide bonds. The van der Waals surface area contributed by atoms with Crippen LogP contribution in [-0.2, 0) is 22.3 Å². The molecular weight excluding hydrogens is 451 g/mol. The standard InChI is InChI=1S/C17H21F4NO3.C4H4FN3/c1-16(2,3)25-15(23)22-7-6-12(9-22)24-10-11-4-5-13(14(18)8-11)17(19,20)21;5-3-1-7-4(6)8-2-3/h4-5,8,12H,6-7,9-10H2,1-3H3;1-2H,(H2,6,7,8). The average molecular weight is 476 g/mol. The van der Waals surface area contributed by atoms with Crippen LogP contribution in [0.2, 0.25) is 0 Å². The molecule has 2 heterocycles. The van der Waals surface area contributed by atoms with Gasteiger partial charge in [0.05, 0.1) is 37.2 Å². The van der Waals surface area contributed by atoms with Gasteiger partial charge in [-0.3, -0.25) is 0 Å². The topological polar surface area (TPSA) is 90.6 Å². The number of hydrogen-bond donors (Lipinski definition) is 1. The van der Waals surface area contributed by atoms with Crippen LogP contribution in [-0.4, -0.2) is 45.8 Å². The molecule has 1 aliphatic rings. The number of aromatic nitrogens is 2. The highest BCUT2D eigenvalue weighted by Crippen LogP contribution is 2.31. The van der Waals surface area contributed by atoms with Crippen molar-refractivity contribution in [2.75, 3.05) is 18.8 Å². The van der Waals surface area contributed by atoms with E-state index in [2.05, 4.69) is 9.97 Å². The average Bonchev–Trinajstić information content (AvgIpc) is 3.16. The molecule has 2 N–H and O–H groups in total. The van der Waals surface area contributed by atoms with E-state index in [4.69, 9.17) is 15.2 Å². The predicted octanol–water partition coefficient (Wildman–Crippen LogP) is 4.57. The lowest BCUT2D eigenvalue weighted by molar-refractivity contribution is -0.140. The molecule has 1 aromatic heterocycles. The van der Waals surface area contributed by atoms with E-state index in [1.54, 1.807) is 20.8 Å². The van der Waals surface area contributed by atoms with Crippen LogP contribution in [0, 0.1) is 11.6 Å². The van der Waals surface area contributed by atoms with Crippen LogP contribution in [0.25, 0.3) is 0 Å². The van der Waals surface area contributed by atoms with Gasteiger partial charge in [0.15, 0.2) is 5.82 Å². The van der Waals surface area contributed by atoms with Gasteiger partial charge in [-0.2, -0.15) is 13.2 Å². The molecule has 2 aromatic rings. The van der Waals surface area contributed by atoms with E-state index in [0.29, 0.717) is 31.1 Å². The van der Waals surface area contributed by atoms with E-state index in [-0.39, 0.29) is 18.7 Å². The number of amides is 1. The number of ether oxygens (including phenoxy) is 2. The molecule has 7 nitrogen and oxygen atoms in total. The minimum atomic E-state index is -4.72. The van der Waals surface area contributed by atoms with Crippen molar-refractivity contribution in [2.24, 2.45) is 0 Å². The molecular formula is C21H25F5N4O3. The molecule has 1 aromatic carbocycles. The molecule has 0 radical (unpaired) electrons. The van der Waals surface area contributed by atoms with Crippen LogP contribution >= 0.6 is 0 Å². The molecule has 0 spiro atoms. The van der Waals surface area contributed by atoms with Gasteiger partial charge < -0.3 is 20.1 Å². The molecule has 12 heteroatoms. The first-order chi connectivity index (χ1) is 15.2. The lowest BCUT2D eigenvalue weighted by atomic mass is 10.1. The lowest BCUT2D eigenvalue weighted by Crippen LogP contribution is -2.36. The van der Waals surface area contributed by atoms with Crippen molar-refractivity contribution >= 4 is 12.0 Å². The van der Waals surface area contributed by atoms with E-state index < -0.39 is 35.1 Å². The molecule has 1 aliphatic heterocycles. The second-order valence-corrected chi connectivity index (χ2v) is 8.22. The maximum atomic E-state index is 13.5. The largest absolute Gasteiger partial charge is 0.444 e. The van der Waals surface area contributed by atoms with Gasteiger partial charge in [0.1, 0.15) is 11.4 Å².